The van der Waals surface area contributed by atoms with Gasteiger partial charge in [-0.2, -0.15) is 17.0 Å². The topological polar surface area (TPSA) is 78.9 Å². The molecule has 0 aliphatic carbocycles. The summed E-state index contributed by atoms with van der Waals surface area (Å²) in [6.07, 6.45) is 1.59. The van der Waals surface area contributed by atoms with Crippen molar-refractivity contribution in [2.75, 3.05) is 57.4 Å². The molecule has 9 heteroatoms. The van der Waals surface area contributed by atoms with Crippen LogP contribution >= 0.6 is 0 Å². The zero-order valence-electron chi connectivity index (χ0n) is 13.8. The van der Waals surface area contributed by atoms with Crippen LogP contribution in [0.2, 0.25) is 0 Å². The first kappa shape index (κ1) is 16.2. The Labute approximate surface area is 142 Å². The molecular formula is C15H23N5O3S. The summed E-state index contributed by atoms with van der Waals surface area (Å²) in [6.45, 7) is 6.77. The van der Waals surface area contributed by atoms with Gasteiger partial charge in [-0.15, -0.1) is 0 Å². The first-order valence-corrected chi connectivity index (χ1v) is 9.80. The highest BCUT2D eigenvalue weighted by Gasteiger charge is 2.45. The quantitative estimate of drug-likeness (QED) is 0.744. The lowest BCUT2D eigenvalue weighted by molar-refractivity contribution is 0.0705. The SMILES string of the molecule is Cc1cc(N2CC3CN(S(=O)(=O)N4CCOCC4)CC3C2)ncn1. The monoisotopic (exact) mass is 353 g/mol. The van der Waals surface area contributed by atoms with Crippen molar-refractivity contribution >= 4 is 16.0 Å². The molecule has 0 radical (unpaired) electrons. The van der Waals surface area contributed by atoms with E-state index in [0.29, 0.717) is 51.2 Å². The van der Waals surface area contributed by atoms with Crippen molar-refractivity contribution in [1.82, 2.24) is 18.6 Å². The number of hydrogen-bond donors (Lipinski definition) is 0. The second-order valence-electron chi connectivity index (χ2n) is 6.78. The second kappa shape index (κ2) is 6.21. The van der Waals surface area contributed by atoms with Gasteiger partial charge in [0.25, 0.3) is 10.2 Å². The Morgan fingerprint density at radius 1 is 1.04 bits per heavy atom. The molecule has 4 heterocycles. The highest BCUT2D eigenvalue weighted by atomic mass is 32.2. The van der Waals surface area contributed by atoms with Crippen LogP contribution in [0.3, 0.4) is 0 Å². The third-order valence-corrected chi connectivity index (χ3v) is 7.16. The molecule has 3 fully saturated rings. The summed E-state index contributed by atoms with van der Waals surface area (Å²) in [7, 11) is -3.35. The van der Waals surface area contributed by atoms with Gasteiger partial charge in [-0.3, -0.25) is 0 Å². The first-order valence-electron chi connectivity index (χ1n) is 8.40. The molecule has 2 unspecified atom stereocenters. The minimum Gasteiger partial charge on any atom is -0.379 e. The summed E-state index contributed by atoms with van der Waals surface area (Å²) in [5, 5.41) is 0. The molecule has 1 aromatic rings. The van der Waals surface area contributed by atoms with Gasteiger partial charge in [0.05, 0.1) is 13.2 Å². The van der Waals surface area contributed by atoms with Gasteiger partial charge in [-0.05, 0) is 18.8 Å². The lowest BCUT2D eigenvalue weighted by atomic mass is 10.0. The number of rotatable bonds is 3. The molecule has 3 aliphatic heterocycles. The van der Waals surface area contributed by atoms with Crippen LogP contribution in [0.5, 0.6) is 0 Å². The Balaban J connectivity index is 1.42. The summed E-state index contributed by atoms with van der Waals surface area (Å²) >= 11 is 0. The van der Waals surface area contributed by atoms with Crippen molar-refractivity contribution in [2.45, 2.75) is 6.92 Å². The number of ether oxygens (including phenoxy) is 1. The maximum Gasteiger partial charge on any atom is 0.282 e. The molecule has 3 aliphatic rings. The van der Waals surface area contributed by atoms with Crippen LogP contribution in [0, 0.1) is 18.8 Å². The predicted molar refractivity (Wildman–Crippen MR) is 88.8 cm³/mol. The van der Waals surface area contributed by atoms with Gasteiger partial charge in [0.2, 0.25) is 0 Å². The van der Waals surface area contributed by atoms with E-state index in [2.05, 4.69) is 14.9 Å². The molecule has 8 nitrogen and oxygen atoms in total. The zero-order chi connectivity index (χ0) is 16.7. The lowest BCUT2D eigenvalue weighted by Crippen LogP contribution is -2.48. The Kier molecular flexibility index (Phi) is 4.19. The highest BCUT2D eigenvalue weighted by molar-refractivity contribution is 7.86. The normalized spacial score (nSPS) is 29.1. The first-order chi connectivity index (χ1) is 11.5. The van der Waals surface area contributed by atoms with E-state index in [0.717, 1.165) is 24.6 Å². The maximum absolute atomic E-state index is 12.8. The number of aromatic nitrogens is 2. The molecule has 24 heavy (non-hydrogen) atoms. The summed E-state index contributed by atoms with van der Waals surface area (Å²) in [5.74, 6) is 1.69. The van der Waals surface area contributed by atoms with Crippen LogP contribution in [-0.2, 0) is 14.9 Å². The van der Waals surface area contributed by atoms with Crippen LogP contribution < -0.4 is 4.90 Å². The van der Waals surface area contributed by atoms with Crippen molar-refractivity contribution in [3.05, 3.63) is 18.1 Å². The molecular weight excluding hydrogens is 330 g/mol. The molecule has 3 saturated heterocycles. The number of morpholine rings is 1. The highest BCUT2D eigenvalue weighted by Crippen LogP contribution is 2.35. The number of fused-ring (bicyclic) bond motifs is 1. The molecule has 0 saturated carbocycles. The third kappa shape index (κ3) is 2.90. The number of anilines is 1. The van der Waals surface area contributed by atoms with Gasteiger partial charge in [-0.1, -0.05) is 0 Å². The van der Waals surface area contributed by atoms with E-state index < -0.39 is 10.2 Å². The largest absolute Gasteiger partial charge is 0.379 e. The molecule has 132 valence electrons. The number of hydrogen-bond acceptors (Lipinski definition) is 6. The van der Waals surface area contributed by atoms with Crippen LogP contribution in [0.1, 0.15) is 5.69 Å². The van der Waals surface area contributed by atoms with Crippen molar-refractivity contribution < 1.29 is 13.2 Å². The standard InChI is InChI=1S/C15H23N5O3S/c1-12-6-15(17-11-16-12)18-7-13-9-20(10-14(13)8-18)24(21,22)19-2-4-23-5-3-19/h6,11,13-14H,2-5,7-10H2,1H3. The van der Waals surface area contributed by atoms with Crippen LogP contribution in [0.25, 0.3) is 0 Å². The predicted octanol–water partition coefficient (Wildman–Crippen LogP) is -0.270. The molecule has 2 atom stereocenters. The third-order valence-electron chi connectivity index (χ3n) is 5.19. The van der Waals surface area contributed by atoms with E-state index in [1.54, 1.807) is 14.9 Å². The minimum atomic E-state index is -3.35. The van der Waals surface area contributed by atoms with E-state index in [9.17, 15) is 8.42 Å². The van der Waals surface area contributed by atoms with Crippen LogP contribution in [-0.4, -0.2) is 79.5 Å². The van der Waals surface area contributed by atoms with Gasteiger partial charge >= 0.3 is 0 Å². The average Bonchev–Trinajstić information content (AvgIpc) is 3.15. The average molecular weight is 353 g/mol. The van der Waals surface area contributed by atoms with E-state index in [-0.39, 0.29) is 0 Å². The van der Waals surface area contributed by atoms with Gasteiger partial charge in [0, 0.05) is 51.0 Å². The van der Waals surface area contributed by atoms with Crippen molar-refractivity contribution in [3.8, 4) is 0 Å². The van der Waals surface area contributed by atoms with Crippen LogP contribution in [0.4, 0.5) is 5.82 Å². The second-order valence-corrected chi connectivity index (χ2v) is 8.71. The minimum absolute atomic E-state index is 0.371. The van der Waals surface area contributed by atoms with E-state index in [4.69, 9.17) is 4.74 Å². The molecule has 0 spiro atoms. The van der Waals surface area contributed by atoms with E-state index >= 15 is 0 Å². The van der Waals surface area contributed by atoms with Gasteiger partial charge < -0.3 is 9.64 Å². The Bertz CT molecular complexity index is 693. The fourth-order valence-corrected chi connectivity index (χ4v) is 5.58. The van der Waals surface area contributed by atoms with Crippen LogP contribution in [0.15, 0.2) is 12.4 Å². The zero-order valence-corrected chi connectivity index (χ0v) is 14.7. The maximum atomic E-state index is 12.8. The molecule has 4 rings (SSSR count). The number of nitrogens with zero attached hydrogens (tertiary/aromatic N) is 5. The lowest BCUT2D eigenvalue weighted by Gasteiger charge is -2.31. The molecule has 0 bridgehead atoms. The number of aryl methyl sites for hydroxylation is 1. The Hall–Kier alpha value is -1.29. The molecule has 1 aromatic heterocycles. The van der Waals surface area contributed by atoms with E-state index in [1.807, 2.05) is 13.0 Å². The summed E-state index contributed by atoms with van der Waals surface area (Å²) < 4.78 is 34.0. The fourth-order valence-electron chi connectivity index (χ4n) is 3.88. The van der Waals surface area contributed by atoms with Gasteiger partial charge in [0.15, 0.2) is 0 Å². The fraction of sp³-hybridized carbons (Fsp3) is 0.733. The van der Waals surface area contributed by atoms with Crippen molar-refractivity contribution in [1.29, 1.82) is 0 Å². The smallest absolute Gasteiger partial charge is 0.282 e. The molecule has 0 aromatic carbocycles. The van der Waals surface area contributed by atoms with Crippen molar-refractivity contribution in [3.63, 3.8) is 0 Å². The molecule has 0 N–H and O–H groups in total. The van der Waals surface area contributed by atoms with E-state index in [1.165, 1.54) is 0 Å². The summed E-state index contributed by atoms with van der Waals surface area (Å²) in [5.41, 5.74) is 0.952. The Morgan fingerprint density at radius 3 is 2.33 bits per heavy atom. The Morgan fingerprint density at radius 2 is 1.71 bits per heavy atom. The van der Waals surface area contributed by atoms with Crippen molar-refractivity contribution in [2.24, 2.45) is 11.8 Å². The van der Waals surface area contributed by atoms with Gasteiger partial charge in [-0.25, -0.2) is 9.97 Å². The summed E-state index contributed by atoms with van der Waals surface area (Å²) in [6, 6.07) is 1.99. The molecule has 0 amide bonds. The van der Waals surface area contributed by atoms with Gasteiger partial charge in [0.1, 0.15) is 12.1 Å². The summed E-state index contributed by atoms with van der Waals surface area (Å²) in [4.78, 5) is 10.7.